The van der Waals surface area contributed by atoms with Crippen LogP contribution >= 0.6 is 15.9 Å². The molecular formula is C11H12BrN3O3S. The summed E-state index contributed by atoms with van der Waals surface area (Å²) in [5, 5.41) is 4.00. The third kappa shape index (κ3) is 3.32. The van der Waals surface area contributed by atoms with Crippen LogP contribution in [0, 0.1) is 6.92 Å². The highest BCUT2D eigenvalue weighted by atomic mass is 79.9. The molecule has 0 amide bonds. The first-order chi connectivity index (χ1) is 8.91. The quantitative estimate of drug-likeness (QED) is 0.793. The third-order valence-corrected chi connectivity index (χ3v) is 4.01. The molecule has 0 fully saturated rings. The number of hydrogen-bond donors (Lipinski definition) is 0. The van der Waals surface area contributed by atoms with E-state index in [1.54, 1.807) is 0 Å². The van der Waals surface area contributed by atoms with E-state index in [-0.39, 0.29) is 11.8 Å². The molecule has 0 aliphatic carbocycles. The van der Waals surface area contributed by atoms with Gasteiger partial charge in [0.2, 0.25) is 4.73 Å². The van der Waals surface area contributed by atoms with E-state index in [2.05, 4.69) is 26.0 Å². The van der Waals surface area contributed by atoms with Gasteiger partial charge in [-0.2, -0.15) is 13.4 Å². The maximum atomic E-state index is 11.3. The molecule has 0 spiro atoms. The molecule has 0 aliphatic heterocycles. The highest BCUT2D eigenvalue weighted by Gasteiger charge is 2.16. The molecule has 6 nitrogen and oxygen atoms in total. The highest BCUT2D eigenvalue weighted by molar-refractivity contribution is 9.10. The molecule has 2 rings (SSSR count). The van der Waals surface area contributed by atoms with Gasteiger partial charge >= 0.3 is 16.1 Å². The van der Waals surface area contributed by atoms with Crippen LogP contribution < -0.4 is 4.18 Å². The summed E-state index contributed by atoms with van der Waals surface area (Å²) < 4.78 is 29.3. The zero-order valence-electron chi connectivity index (χ0n) is 10.4. The zero-order chi connectivity index (χ0) is 14.0. The SMILES string of the molecule is CCS(=O)(=O)Oc1nc(Br)n(-c2ccc(C)cc2)n1. The molecule has 0 saturated carbocycles. The Balaban J connectivity index is 2.34. The Labute approximate surface area is 119 Å². The molecule has 0 N–H and O–H groups in total. The van der Waals surface area contributed by atoms with Crippen molar-refractivity contribution in [2.75, 3.05) is 5.75 Å². The topological polar surface area (TPSA) is 74.1 Å². The van der Waals surface area contributed by atoms with Crippen molar-refractivity contribution in [1.82, 2.24) is 14.8 Å². The van der Waals surface area contributed by atoms with Crippen molar-refractivity contribution in [3.05, 3.63) is 34.6 Å². The van der Waals surface area contributed by atoms with Gasteiger partial charge in [-0.1, -0.05) is 17.7 Å². The summed E-state index contributed by atoms with van der Waals surface area (Å²) in [7, 11) is -3.62. The average molecular weight is 346 g/mol. The lowest BCUT2D eigenvalue weighted by Gasteiger charge is -2.01. The first kappa shape index (κ1) is 14.0. The molecule has 2 aromatic rings. The fraction of sp³-hybridized carbons (Fsp3) is 0.273. The van der Waals surface area contributed by atoms with Crippen LogP contribution in [0.25, 0.3) is 5.69 Å². The van der Waals surface area contributed by atoms with Gasteiger partial charge in [-0.3, -0.25) is 0 Å². The predicted octanol–water partition coefficient (Wildman–Crippen LogP) is 2.07. The van der Waals surface area contributed by atoms with Crippen molar-refractivity contribution in [3.63, 3.8) is 0 Å². The molecule has 1 heterocycles. The molecule has 1 aromatic heterocycles. The van der Waals surface area contributed by atoms with E-state index in [1.807, 2.05) is 31.2 Å². The van der Waals surface area contributed by atoms with Gasteiger partial charge in [0.05, 0.1) is 11.4 Å². The van der Waals surface area contributed by atoms with E-state index in [0.717, 1.165) is 11.3 Å². The van der Waals surface area contributed by atoms with Gasteiger partial charge in [-0.05, 0) is 41.9 Å². The Morgan fingerprint density at radius 3 is 2.53 bits per heavy atom. The molecule has 0 bridgehead atoms. The van der Waals surface area contributed by atoms with E-state index >= 15 is 0 Å². The second-order valence-corrected chi connectivity index (χ2v) is 6.41. The number of aromatic nitrogens is 3. The number of rotatable bonds is 4. The maximum absolute atomic E-state index is 11.3. The summed E-state index contributed by atoms with van der Waals surface area (Å²) in [6.45, 7) is 3.46. The van der Waals surface area contributed by atoms with Crippen LogP contribution in [0.1, 0.15) is 12.5 Å². The van der Waals surface area contributed by atoms with Crippen molar-refractivity contribution in [1.29, 1.82) is 0 Å². The Hall–Kier alpha value is -1.41. The van der Waals surface area contributed by atoms with Gasteiger partial charge in [0.25, 0.3) is 0 Å². The molecule has 0 unspecified atom stereocenters. The summed E-state index contributed by atoms with van der Waals surface area (Å²) in [6, 6.07) is 7.36. The monoisotopic (exact) mass is 345 g/mol. The van der Waals surface area contributed by atoms with Gasteiger partial charge in [0, 0.05) is 0 Å². The Morgan fingerprint density at radius 2 is 1.95 bits per heavy atom. The summed E-state index contributed by atoms with van der Waals surface area (Å²) >= 11 is 3.22. The van der Waals surface area contributed by atoms with Crippen molar-refractivity contribution in [2.45, 2.75) is 13.8 Å². The van der Waals surface area contributed by atoms with Gasteiger partial charge in [0.1, 0.15) is 0 Å². The minimum Gasteiger partial charge on any atom is -0.341 e. The van der Waals surface area contributed by atoms with E-state index in [4.69, 9.17) is 4.18 Å². The normalized spacial score (nSPS) is 11.5. The molecule has 0 saturated heterocycles. The summed E-state index contributed by atoms with van der Waals surface area (Å²) in [6.07, 6.45) is 0. The average Bonchev–Trinajstić information content (AvgIpc) is 2.70. The minimum absolute atomic E-state index is 0.135. The Morgan fingerprint density at radius 1 is 1.32 bits per heavy atom. The fourth-order valence-electron chi connectivity index (χ4n) is 1.33. The van der Waals surface area contributed by atoms with E-state index in [0.29, 0.717) is 4.73 Å². The second kappa shape index (κ2) is 5.30. The van der Waals surface area contributed by atoms with Crippen LogP contribution in [0.15, 0.2) is 29.0 Å². The summed E-state index contributed by atoms with van der Waals surface area (Å²) in [5.74, 6) is -0.135. The molecule has 8 heteroatoms. The lowest BCUT2D eigenvalue weighted by atomic mass is 10.2. The van der Waals surface area contributed by atoms with Crippen LogP contribution in [0.5, 0.6) is 6.01 Å². The van der Waals surface area contributed by atoms with E-state index in [1.165, 1.54) is 11.6 Å². The standard InChI is InChI=1S/C11H12BrN3O3S/c1-3-19(16,17)18-11-13-10(12)15(14-11)9-6-4-8(2)5-7-9/h4-7H,3H2,1-2H3. The van der Waals surface area contributed by atoms with Gasteiger partial charge in [-0.25, -0.2) is 4.68 Å². The minimum atomic E-state index is -3.62. The number of halogens is 1. The molecule has 102 valence electrons. The second-order valence-electron chi connectivity index (χ2n) is 3.84. The van der Waals surface area contributed by atoms with Gasteiger partial charge in [0.15, 0.2) is 0 Å². The fourth-order valence-corrected chi connectivity index (χ4v) is 2.18. The van der Waals surface area contributed by atoms with Gasteiger partial charge in [-0.15, -0.1) is 5.10 Å². The maximum Gasteiger partial charge on any atom is 0.352 e. The smallest absolute Gasteiger partial charge is 0.341 e. The molecule has 1 aromatic carbocycles. The summed E-state index contributed by atoms with van der Waals surface area (Å²) in [5.41, 5.74) is 1.87. The van der Waals surface area contributed by atoms with Crippen molar-refractivity contribution in [2.24, 2.45) is 0 Å². The van der Waals surface area contributed by atoms with Crippen LogP contribution in [-0.4, -0.2) is 28.9 Å². The largest absolute Gasteiger partial charge is 0.352 e. The van der Waals surface area contributed by atoms with Crippen molar-refractivity contribution < 1.29 is 12.6 Å². The molecule has 19 heavy (non-hydrogen) atoms. The van der Waals surface area contributed by atoms with Crippen LogP contribution in [-0.2, 0) is 10.1 Å². The van der Waals surface area contributed by atoms with Crippen LogP contribution in [0.2, 0.25) is 0 Å². The summed E-state index contributed by atoms with van der Waals surface area (Å²) in [4.78, 5) is 3.91. The third-order valence-electron chi connectivity index (χ3n) is 2.38. The first-order valence-electron chi connectivity index (χ1n) is 5.53. The number of benzene rings is 1. The highest BCUT2D eigenvalue weighted by Crippen LogP contribution is 2.19. The molecule has 0 aliphatic rings. The zero-order valence-corrected chi connectivity index (χ0v) is 12.8. The van der Waals surface area contributed by atoms with Crippen molar-refractivity contribution in [3.8, 4) is 11.7 Å². The Bertz CT molecular complexity index is 680. The van der Waals surface area contributed by atoms with E-state index < -0.39 is 10.1 Å². The first-order valence-corrected chi connectivity index (χ1v) is 7.90. The lowest BCUT2D eigenvalue weighted by molar-refractivity contribution is 0.465. The van der Waals surface area contributed by atoms with Crippen molar-refractivity contribution >= 4 is 26.0 Å². The lowest BCUT2D eigenvalue weighted by Crippen LogP contribution is -2.12. The van der Waals surface area contributed by atoms with Crippen LogP contribution in [0.3, 0.4) is 0 Å². The number of hydrogen-bond acceptors (Lipinski definition) is 5. The molecule has 0 atom stereocenters. The number of nitrogens with zero attached hydrogens (tertiary/aromatic N) is 3. The molecule has 0 radical (unpaired) electrons. The molecular weight excluding hydrogens is 334 g/mol. The van der Waals surface area contributed by atoms with Gasteiger partial charge < -0.3 is 4.18 Å². The predicted molar refractivity (Wildman–Crippen MR) is 73.9 cm³/mol. The number of aryl methyl sites for hydroxylation is 1. The Kier molecular flexibility index (Phi) is 3.91. The van der Waals surface area contributed by atoms with E-state index in [9.17, 15) is 8.42 Å². The van der Waals surface area contributed by atoms with Crippen LogP contribution in [0.4, 0.5) is 0 Å².